The van der Waals surface area contributed by atoms with Crippen molar-refractivity contribution in [3.8, 4) is 17.1 Å². The van der Waals surface area contributed by atoms with Gasteiger partial charge in [-0.05, 0) is 24.3 Å². The maximum atomic E-state index is 13.9. The van der Waals surface area contributed by atoms with Crippen molar-refractivity contribution in [1.82, 2.24) is 20.2 Å². The van der Waals surface area contributed by atoms with E-state index in [4.69, 9.17) is 0 Å². The molecule has 1 unspecified atom stereocenters. The Labute approximate surface area is 120 Å². The number of halogens is 1. The van der Waals surface area contributed by atoms with Crippen LogP contribution in [0.4, 0.5) is 4.39 Å². The van der Waals surface area contributed by atoms with Crippen molar-refractivity contribution in [3.05, 3.63) is 59.9 Å². The van der Waals surface area contributed by atoms with Crippen molar-refractivity contribution < 1.29 is 9.50 Å². The molecule has 3 rings (SSSR count). The molecule has 0 saturated carbocycles. The van der Waals surface area contributed by atoms with E-state index in [-0.39, 0.29) is 5.56 Å². The minimum atomic E-state index is -0.965. The highest BCUT2D eigenvalue weighted by molar-refractivity contribution is 5.53. The fraction of sp³-hybridized carbons (Fsp3) is 0.133. The Hall–Kier alpha value is -2.60. The highest BCUT2D eigenvalue weighted by atomic mass is 19.1. The van der Waals surface area contributed by atoms with Crippen molar-refractivity contribution in [1.29, 1.82) is 0 Å². The van der Waals surface area contributed by atoms with Gasteiger partial charge in [-0.25, -0.2) is 4.39 Å². The van der Waals surface area contributed by atoms with E-state index < -0.39 is 11.9 Å². The summed E-state index contributed by atoms with van der Waals surface area (Å²) in [6.07, 6.45) is -0.965. The molecule has 21 heavy (non-hydrogen) atoms. The van der Waals surface area contributed by atoms with Gasteiger partial charge in [-0.15, -0.1) is 15.0 Å². The predicted molar refractivity (Wildman–Crippen MR) is 75.2 cm³/mol. The molecule has 0 aliphatic heterocycles. The summed E-state index contributed by atoms with van der Waals surface area (Å²) in [5.41, 5.74) is 1.34. The molecule has 1 atom stereocenters. The zero-order chi connectivity index (χ0) is 14.8. The van der Waals surface area contributed by atoms with Crippen molar-refractivity contribution in [2.45, 2.75) is 13.0 Å². The topological polar surface area (TPSA) is 63.8 Å². The molecule has 106 valence electrons. The third-order valence-electron chi connectivity index (χ3n) is 3.11. The normalized spacial score (nSPS) is 12.3. The van der Waals surface area contributed by atoms with Crippen LogP contribution in [0.15, 0.2) is 48.5 Å². The molecular weight excluding hydrogens is 271 g/mol. The molecule has 6 heteroatoms. The van der Waals surface area contributed by atoms with E-state index in [2.05, 4.69) is 15.4 Å². The maximum Gasteiger partial charge on any atom is 0.205 e. The average Bonchev–Trinajstić information content (AvgIpc) is 2.97. The van der Waals surface area contributed by atoms with E-state index >= 15 is 0 Å². The van der Waals surface area contributed by atoms with E-state index in [0.717, 1.165) is 5.56 Å². The number of tetrazole rings is 1. The van der Waals surface area contributed by atoms with Gasteiger partial charge < -0.3 is 5.11 Å². The minimum Gasteiger partial charge on any atom is -0.389 e. The first kappa shape index (κ1) is 13.4. The van der Waals surface area contributed by atoms with Gasteiger partial charge in [-0.1, -0.05) is 36.4 Å². The molecule has 1 aromatic heterocycles. The smallest absolute Gasteiger partial charge is 0.205 e. The quantitative estimate of drug-likeness (QED) is 0.802. The minimum absolute atomic E-state index is 0.148. The van der Waals surface area contributed by atoms with E-state index in [1.807, 2.05) is 30.3 Å². The van der Waals surface area contributed by atoms with Gasteiger partial charge in [-0.3, -0.25) is 0 Å². The second-order valence-corrected chi connectivity index (χ2v) is 4.62. The largest absolute Gasteiger partial charge is 0.389 e. The van der Waals surface area contributed by atoms with Gasteiger partial charge in [0.05, 0.1) is 11.8 Å². The summed E-state index contributed by atoms with van der Waals surface area (Å²) in [7, 11) is 0. The fourth-order valence-corrected chi connectivity index (χ4v) is 2.13. The molecule has 1 heterocycles. The third-order valence-corrected chi connectivity index (χ3v) is 3.11. The molecule has 0 saturated heterocycles. The van der Waals surface area contributed by atoms with Gasteiger partial charge in [0.25, 0.3) is 0 Å². The summed E-state index contributed by atoms with van der Waals surface area (Å²) in [5.74, 6) is -0.0579. The van der Waals surface area contributed by atoms with Crippen LogP contribution in [0.1, 0.15) is 18.6 Å². The van der Waals surface area contributed by atoms with Crippen molar-refractivity contribution in [2.75, 3.05) is 0 Å². The Bertz CT molecular complexity index is 755. The van der Waals surface area contributed by atoms with Gasteiger partial charge in [-0.2, -0.15) is 0 Å². The number of benzene rings is 2. The lowest BCUT2D eigenvalue weighted by atomic mass is 10.1. The fourth-order valence-electron chi connectivity index (χ4n) is 2.13. The van der Waals surface area contributed by atoms with Gasteiger partial charge in [0.2, 0.25) is 5.82 Å². The average molecular weight is 284 g/mol. The van der Waals surface area contributed by atoms with Gasteiger partial charge in [0.15, 0.2) is 0 Å². The molecule has 0 aliphatic rings. The van der Waals surface area contributed by atoms with Crippen molar-refractivity contribution in [2.24, 2.45) is 0 Å². The summed E-state index contributed by atoms with van der Waals surface area (Å²) >= 11 is 0. The number of aliphatic hydroxyl groups is 1. The number of aliphatic hydroxyl groups excluding tert-OH is 1. The van der Waals surface area contributed by atoms with Crippen LogP contribution in [0.3, 0.4) is 0 Å². The Morgan fingerprint density at radius 3 is 2.57 bits per heavy atom. The highest BCUT2D eigenvalue weighted by Gasteiger charge is 2.17. The number of aromatic nitrogens is 4. The number of hydrogen-bond donors (Lipinski definition) is 1. The molecule has 0 radical (unpaired) electrons. The Morgan fingerprint density at radius 1 is 1.10 bits per heavy atom. The summed E-state index contributed by atoms with van der Waals surface area (Å²) in [6, 6.07) is 13.8. The first-order chi connectivity index (χ1) is 10.2. The van der Waals surface area contributed by atoms with Crippen LogP contribution in [0, 0.1) is 5.82 Å². The van der Waals surface area contributed by atoms with Gasteiger partial charge >= 0.3 is 0 Å². The highest BCUT2D eigenvalue weighted by Crippen LogP contribution is 2.24. The van der Waals surface area contributed by atoms with E-state index in [9.17, 15) is 9.50 Å². The predicted octanol–water partition coefficient (Wildman–Crippen LogP) is 2.52. The van der Waals surface area contributed by atoms with Crippen LogP contribution in [0.2, 0.25) is 0 Å². The lowest BCUT2D eigenvalue weighted by molar-refractivity contribution is 0.193. The molecule has 0 bridgehead atoms. The first-order valence-corrected chi connectivity index (χ1v) is 6.49. The third kappa shape index (κ3) is 2.53. The van der Waals surface area contributed by atoms with Gasteiger partial charge in [0.1, 0.15) is 5.82 Å². The van der Waals surface area contributed by atoms with Crippen LogP contribution < -0.4 is 0 Å². The van der Waals surface area contributed by atoms with Crippen LogP contribution in [0.5, 0.6) is 0 Å². The summed E-state index contributed by atoms with van der Waals surface area (Å²) < 4.78 is 13.9. The number of hydrogen-bond acceptors (Lipinski definition) is 4. The molecule has 0 aliphatic carbocycles. The van der Waals surface area contributed by atoms with Crippen LogP contribution in [0.25, 0.3) is 17.1 Å². The number of rotatable bonds is 3. The van der Waals surface area contributed by atoms with Crippen molar-refractivity contribution in [3.63, 3.8) is 0 Å². The lowest BCUT2D eigenvalue weighted by Gasteiger charge is -2.11. The SMILES string of the molecule is CC(O)c1c(F)cccc1-n1nnc(-c2ccccc2)n1. The Balaban J connectivity index is 2.07. The molecule has 0 spiro atoms. The second kappa shape index (κ2) is 5.41. The van der Waals surface area contributed by atoms with Crippen molar-refractivity contribution >= 4 is 0 Å². The molecule has 2 aromatic carbocycles. The Kier molecular flexibility index (Phi) is 3.45. The zero-order valence-corrected chi connectivity index (χ0v) is 11.3. The Morgan fingerprint density at radius 2 is 1.86 bits per heavy atom. The van der Waals surface area contributed by atoms with Crippen LogP contribution >= 0.6 is 0 Å². The maximum absolute atomic E-state index is 13.9. The summed E-state index contributed by atoms with van der Waals surface area (Å²) in [4.78, 5) is 1.23. The van der Waals surface area contributed by atoms with Gasteiger partial charge in [0, 0.05) is 11.1 Å². The molecule has 0 amide bonds. The second-order valence-electron chi connectivity index (χ2n) is 4.62. The molecule has 5 nitrogen and oxygen atoms in total. The number of nitrogens with zero attached hydrogens (tertiary/aromatic N) is 4. The van der Waals surface area contributed by atoms with E-state index in [1.54, 1.807) is 12.1 Å². The lowest BCUT2D eigenvalue weighted by Crippen LogP contribution is -2.08. The zero-order valence-electron chi connectivity index (χ0n) is 11.3. The molecule has 0 fully saturated rings. The first-order valence-electron chi connectivity index (χ1n) is 6.49. The molecular formula is C15H13FN4O. The van der Waals surface area contributed by atoms with Crippen LogP contribution in [-0.4, -0.2) is 25.3 Å². The van der Waals surface area contributed by atoms with Crippen LogP contribution in [-0.2, 0) is 0 Å². The molecule has 3 aromatic rings. The standard InChI is InChI=1S/C15H13FN4O/c1-10(21)14-12(16)8-5-9-13(14)20-18-15(17-19-20)11-6-3-2-4-7-11/h2-10,21H,1H3. The summed E-state index contributed by atoms with van der Waals surface area (Å²) in [5, 5.41) is 21.9. The molecule has 1 N–H and O–H groups in total. The van der Waals surface area contributed by atoms with E-state index in [1.165, 1.54) is 17.8 Å². The summed E-state index contributed by atoms with van der Waals surface area (Å²) in [6.45, 7) is 1.50. The monoisotopic (exact) mass is 284 g/mol. The van der Waals surface area contributed by atoms with E-state index in [0.29, 0.717) is 11.5 Å².